The third-order valence-corrected chi connectivity index (χ3v) is 4.49. The highest BCUT2D eigenvalue weighted by atomic mass is 19.1. The molecule has 0 atom stereocenters. The van der Waals surface area contributed by atoms with Gasteiger partial charge < -0.3 is 14.9 Å². The minimum absolute atomic E-state index is 0.0183. The lowest BCUT2D eigenvalue weighted by molar-refractivity contribution is -0.118. The lowest BCUT2D eigenvalue weighted by Gasteiger charge is -2.36. The zero-order valence-electron chi connectivity index (χ0n) is 13.3. The summed E-state index contributed by atoms with van der Waals surface area (Å²) in [6.45, 7) is 1.60. The van der Waals surface area contributed by atoms with Gasteiger partial charge in [0.2, 0.25) is 0 Å². The summed E-state index contributed by atoms with van der Waals surface area (Å²) in [6, 6.07) is 3.50. The number of nitrogens with one attached hydrogen (secondary N) is 2. The number of aromatic hydroxyl groups is 1. The van der Waals surface area contributed by atoms with Gasteiger partial charge in [0.1, 0.15) is 18.0 Å². The summed E-state index contributed by atoms with van der Waals surface area (Å²) in [7, 11) is 4.14. The highest BCUT2D eigenvalue weighted by molar-refractivity contribution is 5.84. The molecule has 0 bridgehead atoms. The minimum Gasteiger partial charge on any atom is -0.506 e. The number of carbonyl (C=O) groups is 1. The van der Waals surface area contributed by atoms with Crippen molar-refractivity contribution in [2.75, 3.05) is 43.6 Å². The number of anilines is 2. The van der Waals surface area contributed by atoms with Crippen LogP contribution in [0.3, 0.4) is 0 Å². The van der Waals surface area contributed by atoms with Crippen molar-refractivity contribution >= 4 is 17.3 Å². The van der Waals surface area contributed by atoms with Gasteiger partial charge in [-0.05, 0) is 33.0 Å². The van der Waals surface area contributed by atoms with E-state index in [4.69, 9.17) is 0 Å². The molecule has 0 unspecified atom stereocenters. The van der Waals surface area contributed by atoms with E-state index in [-0.39, 0.29) is 23.9 Å². The number of hydrazine groups is 2. The van der Waals surface area contributed by atoms with Crippen molar-refractivity contribution in [3.8, 4) is 5.75 Å². The van der Waals surface area contributed by atoms with Crippen molar-refractivity contribution in [3.05, 3.63) is 17.9 Å². The number of phenols is 1. The predicted octanol–water partition coefficient (Wildman–Crippen LogP) is 0.417. The summed E-state index contributed by atoms with van der Waals surface area (Å²) in [5.41, 5.74) is 5.54. The van der Waals surface area contributed by atoms with Crippen molar-refractivity contribution in [3.63, 3.8) is 0 Å². The second-order valence-electron chi connectivity index (χ2n) is 6.22. The van der Waals surface area contributed by atoms with Crippen molar-refractivity contribution < 1.29 is 14.3 Å². The van der Waals surface area contributed by atoms with Crippen LogP contribution in [0.15, 0.2) is 12.1 Å². The van der Waals surface area contributed by atoms with Crippen LogP contribution in [-0.2, 0) is 4.79 Å². The molecule has 0 spiro atoms. The Kier molecular flexibility index (Phi) is 4.27. The highest BCUT2D eigenvalue weighted by Crippen LogP contribution is 2.35. The van der Waals surface area contributed by atoms with E-state index in [9.17, 15) is 14.3 Å². The average Bonchev–Trinajstić information content (AvgIpc) is 2.92. The number of hydrogen-bond donors (Lipinski definition) is 3. The smallest absolute Gasteiger partial charge is 0.256 e. The number of phenolic OH excluding ortho intramolecular Hbond substituents is 1. The molecule has 0 radical (unpaired) electrons. The first kappa shape index (κ1) is 15.8. The van der Waals surface area contributed by atoms with Crippen molar-refractivity contribution in [1.29, 1.82) is 0 Å². The molecule has 7 nitrogen and oxygen atoms in total. The lowest BCUT2D eigenvalue weighted by Crippen LogP contribution is -2.42. The molecule has 2 saturated heterocycles. The first-order valence-electron chi connectivity index (χ1n) is 7.71. The second kappa shape index (κ2) is 6.21. The molecule has 2 aliphatic heterocycles. The van der Waals surface area contributed by atoms with E-state index < -0.39 is 5.82 Å². The van der Waals surface area contributed by atoms with Gasteiger partial charge in [-0.25, -0.2) is 4.39 Å². The molecule has 0 aromatic heterocycles. The summed E-state index contributed by atoms with van der Waals surface area (Å²) in [6.07, 6.45) is 2.01. The maximum Gasteiger partial charge on any atom is 0.256 e. The first-order valence-corrected chi connectivity index (χ1v) is 7.71. The third-order valence-electron chi connectivity index (χ3n) is 4.49. The van der Waals surface area contributed by atoms with Gasteiger partial charge in [-0.3, -0.25) is 15.2 Å². The van der Waals surface area contributed by atoms with E-state index in [0.29, 0.717) is 11.7 Å². The molecule has 2 heterocycles. The molecular weight excluding hydrogens is 301 g/mol. The SMILES string of the molecule is CN(C)C1CCN(c2cc(O)c(N3CC(=O)NN3)c(F)c2)CC1. The van der Waals surface area contributed by atoms with Gasteiger partial charge in [0, 0.05) is 30.9 Å². The van der Waals surface area contributed by atoms with E-state index in [2.05, 4.69) is 34.9 Å². The van der Waals surface area contributed by atoms with Crippen LogP contribution in [0.4, 0.5) is 15.8 Å². The molecule has 3 N–H and O–H groups in total. The van der Waals surface area contributed by atoms with Crippen molar-refractivity contribution in [2.24, 2.45) is 0 Å². The fourth-order valence-corrected chi connectivity index (χ4v) is 3.15. The molecule has 126 valence electrons. The summed E-state index contributed by atoms with van der Waals surface area (Å²) in [5.74, 6) is -1.02. The predicted molar refractivity (Wildman–Crippen MR) is 85.6 cm³/mol. The van der Waals surface area contributed by atoms with Gasteiger partial charge in [-0.15, -0.1) is 5.53 Å². The van der Waals surface area contributed by atoms with Gasteiger partial charge in [0.25, 0.3) is 5.91 Å². The quantitative estimate of drug-likeness (QED) is 0.749. The van der Waals surface area contributed by atoms with Gasteiger partial charge >= 0.3 is 0 Å². The number of carbonyl (C=O) groups excluding carboxylic acids is 1. The van der Waals surface area contributed by atoms with Crippen LogP contribution in [0.1, 0.15) is 12.8 Å². The van der Waals surface area contributed by atoms with Gasteiger partial charge in [-0.2, -0.15) is 0 Å². The molecule has 0 saturated carbocycles. The van der Waals surface area contributed by atoms with Gasteiger partial charge in [0.15, 0.2) is 5.82 Å². The number of hydrogen-bond acceptors (Lipinski definition) is 6. The Morgan fingerprint density at radius 3 is 2.52 bits per heavy atom. The van der Waals surface area contributed by atoms with Crippen LogP contribution in [0.5, 0.6) is 5.75 Å². The van der Waals surface area contributed by atoms with Crippen LogP contribution in [0.25, 0.3) is 0 Å². The zero-order chi connectivity index (χ0) is 16.6. The maximum atomic E-state index is 14.4. The molecule has 8 heteroatoms. The van der Waals surface area contributed by atoms with Crippen LogP contribution in [-0.4, -0.2) is 55.7 Å². The Hall–Kier alpha value is -2.06. The molecule has 1 amide bonds. The van der Waals surface area contributed by atoms with Crippen molar-refractivity contribution in [2.45, 2.75) is 18.9 Å². The standard InChI is InChI=1S/C15H22FN5O2/c1-19(2)10-3-5-20(6-4-10)11-7-12(16)15(13(22)8-11)21-9-14(23)17-18-21/h7-8,10,18,22H,3-6,9H2,1-2H3,(H,17,23). The highest BCUT2D eigenvalue weighted by Gasteiger charge is 2.27. The van der Waals surface area contributed by atoms with Gasteiger partial charge in [-0.1, -0.05) is 0 Å². The normalized spacial score (nSPS) is 19.6. The zero-order valence-corrected chi connectivity index (χ0v) is 13.3. The molecule has 1 aromatic carbocycles. The first-order chi connectivity index (χ1) is 11.0. The Bertz CT molecular complexity index is 579. The number of halogens is 1. The van der Waals surface area contributed by atoms with E-state index >= 15 is 0 Å². The Labute approximate surface area is 134 Å². The van der Waals surface area contributed by atoms with Crippen LogP contribution >= 0.6 is 0 Å². The second-order valence-corrected chi connectivity index (χ2v) is 6.22. The molecule has 3 rings (SSSR count). The van der Waals surface area contributed by atoms with Crippen LogP contribution < -0.4 is 20.9 Å². The molecule has 23 heavy (non-hydrogen) atoms. The Morgan fingerprint density at radius 1 is 1.30 bits per heavy atom. The Morgan fingerprint density at radius 2 is 2.00 bits per heavy atom. The molecule has 2 aliphatic rings. The number of rotatable bonds is 3. The van der Waals surface area contributed by atoms with Crippen molar-refractivity contribution in [1.82, 2.24) is 15.9 Å². The molecule has 1 aromatic rings. The summed E-state index contributed by atoms with van der Waals surface area (Å²) in [4.78, 5) is 15.5. The number of nitrogens with zero attached hydrogens (tertiary/aromatic N) is 3. The average molecular weight is 323 g/mol. The van der Waals surface area contributed by atoms with E-state index in [0.717, 1.165) is 25.9 Å². The fraction of sp³-hybridized carbons (Fsp3) is 0.533. The largest absolute Gasteiger partial charge is 0.506 e. The minimum atomic E-state index is -0.557. The number of benzene rings is 1. The number of amides is 1. The summed E-state index contributed by atoms with van der Waals surface area (Å²) >= 11 is 0. The molecule has 0 aliphatic carbocycles. The maximum absolute atomic E-state index is 14.4. The molecule has 2 fully saturated rings. The summed E-state index contributed by atoms with van der Waals surface area (Å²) in [5, 5.41) is 11.5. The monoisotopic (exact) mass is 323 g/mol. The fourth-order valence-electron chi connectivity index (χ4n) is 3.15. The van der Waals surface area contributed by atoms with Crippen LogP contribution in [0.2, 0.25) is 0 Å². The Balaban J connectivity index is 1.76. The van der Waals surface area contributed by atoms with E-state index in [1.165, 1.54) is 11.1 Å². The van der Waals surface area contributed by atoms with Gasteiger partial charge in [0.05, 0.1) is 0 Å². The third kappa shape index (κ3) is 3.18. The molecular formula is C15H22FN5O2. The van der Waals surface area contributed by atoms with Crippen LogP contribution in [0, 0.1) is 5.82 Å². The topological polar surface area (TPSA) is 71.1 Å². The lowest BCUT2D eigenvalue weighted by atomic mass is 10.0. The number of piperidine rings is 1. The van der Waals surface area contributed by atoms with E-state index in [1.807, 2.05) is 0 Å². The summed E-state index contributed by atoms with van der Waals surface area (Å²) < 4.78 is 14.4. The van der Waals surface area contributed by atoms with E-state index in [1.54, 1.807) is 6.07 Å².